The molecule has 1 amide bonds. The van der Waals surface area contributed by atoms with Crippen molar-refractivity contribution < 1.29 is 33.3 Å². The van der Waals surface area contributed by atoms with Crippen LogP contribution >= 0.6 is 0 Å². The van der Waals surface area contributed by atoms with Crippen molar-refractivity contribution in [3.05, 3.63) is 0 Å². The van der Waals surface area contributed by atoms with E-state index in [0.717, 1.165) is 0 Å². The van der Waals surface area contributed by atoms with Gasteiger partial charge in [-0.2, -0.15) is 0 Å². The fourth-order valence-electron chi connectivity index (χ4n) is 7.25. The first-order valence-electron chi connectivity index (χ1n) is 15.7. The SMILES string of the molecule is CC(C)(C)C(=O)N1CC2(C1)OC(CCOC(=O)C(C(C)(C)C)C(C)(C)C)C(CCOC(=O)C(C(C)(C)C)C(C)(C)C)O2. The Morgan fingerprint density at radius 1 is 0.643 bits per heavy atom. The van der Waals surface area contributed by atoms with E-state index in [-0.39, 0.29) is 76.8 Å². The lowest BCUT2D eigenvalue weighted by Crippen LogP contribution is -2.66. The lowest BCUT2D eigenvalue weighted by Gasteiger charge is -2.48. The van der Waals surface area contributed by atoms with Crippen LogP contribution in [0.3, 0.4) is 0 Å². The number of esters is 2. The van der Waals surface area contributed by atoms with E-state index >= 15 is 0 Å². The van der Waals surface area contributed by atoms with Gasteiger partial charge in [-0.15, -0.1) is 0 Å². The van der Waals surface area contributed by atoms with Gasteiger partial charge in [0.25, 0.3) is 0 Å². The largest absolute Gasteiger partial charge is 0.465 e. The van der Waals surface area contributed by atoms with Crippen LogP contribution in [0.15, 0.2) is 0 Å². The van der Waals surface area contributed by atoms with E-state index in [4.69, 9.17) is 18.9 Å². The first-order valence-corrected chi connectivity index (χ1v) is 15.7. The molecular formula is C34H61NO7. The fourth-order valence-corrected chi connectivity index (χ4v) is 7.25. The van der Waals surface area contributed by atoms with Gasteiger partial charge >= 0.3 is 11.9 Å². The topological polar surface area (TPSA) is 91.4 Å². The molecule has 2 saturated heterocycles. The molecule has 2 unspecified atom stereocenters. The van der Waals surface area contributed by atoms with E-state index in [2.05, 4.69) is 83.1 Å². The highest BCUT2D eigenvalue weighted by Crippen LogP contribution is 2.43. The molecule has 0 radical (unpaired) electrons. The van der Waals surface area contributed by atoms with Gasteiger partial charge < -0.3 is 23.8 Å². The van der Waals surface area contributed by atoms with Crippen LogP contribution in [-0.2, 0) is 33.3 Å². The second kappa shape index (κ2) is 12.4. The molecule has 8 heteroatoms. The second-order valence-corrected chi connectivity index (χ2v) is 17.9. The lowest BCUT2D eigenvalue weighted by atomic mass is 9.66. The van der Waals surface area contributed by atoms with E-state index in [1.807, 2.05) is 20.8 Å². The Bertz CT molecular complexity index is 874. The second-order valence-electron chi connectivity index (χ2n) is 17.9. The number of likely N-dealkylation sites (tertiary alicyclic amines) is 1. The monoisotopic (exact) mass is 595 g/mol. The third-order valence-electron chi connectivity index (χ3n) is 8.17. The van der Waals surface area contributed by atoms with Crippen LogP contribution in [0, 0.1) is 38.9 Å². The summed E-state index contributed by atoms with van der Waals surface area (Å²) >= 11 is 0. The van der Waals surface area contributed by atoms with Gasteiger partial charge in [0, 0.05) is 18.3 Å². The van der Waals surface area contributed by atoms with E-state index in [0.29, 0.717) is 25.9 Å². The van der Waals surface area contributed by atoms with Crippen molar-refractivity contribution >= 4 is 17.8 Å². The quantitative estimate of drug-likeness (QED) is 0.291. The zero-order valence-corrected chi connectivity index (χ0v) is 29.4. The number of ether oxygens (including phenoxy) is 4. The molecule has 2 aliphatic rings. The van der Waals surface area contributed by atoms with Crippen molar-refractivity contribution in [2.75, 3.05) is 26.3 Å². The number of carbonyl (C=O) groups excluding carboxylic acids is 3. The molecule has 2 fully saturated rings. The van der Waals surface area contributed by atoms with Crippen LogP contribution in [0.25, 0.3) is 0 Å². The van der Waals surface area contributed by atoms with Crippen LogP contribution in [0.5, 0.6) is 0 Å². The molecule has 2 atom stereocenters. The highest BCUT2D eigenvalue weighted by atomic mass is 16.8. The van der Waals surface area contributed by atoms with E-state index in [1.165, 1.54) is 0 Å². The maximum Gasteiger partial charge on any atom is 0.309 e. The summed E-state index contributed by atoms with van der Waals surface area (Å²) in [4.78, 5) is 40.9. The van der Waals surface area contributed by atoms with Gasteiger partial charge in [-0.25, -0.2) is 0 Å². The van der Waals surface area contributed by atoms with Gasteiger partial charge in [0.15, 0.2) is 0 Å². The molecule has 0 bridgehead atoms. The number of rotatable bonds is 8. The maximum atomic E-state index is 13.2. The van der Waals surface area contributed by atoms with Crippen molar-refractivity contribution in [3.8, 4) is 0 Å². The number of nitrogens with zero attached hydrogens (tertiary/aromatic N) is 1. The highest BCUT2D eigenvalue weighted by molar-refractivity contribution is 5.82. The van der Waals surface area contributed by atoms with Gasteiger partial charge in [0.2, 0.25) is 11.7 Å². The molecule has 0 saturated carbocycles. The smallest absolute Gasteiger partial charge is 0.309 e. The Balaban J connectivity index is 2.10. The molecule has 0 aromatic carbocycles. The van der Waals surface area contributed by atoms with E-state index < -0.39 is 11.2 Å². The first-order chi connectivity index (χ1) is 18.7. The Kier molecular flexibility index (Phi) is 10.8. The summed E-state index contributed by atoms with van der Waals surface area (Å²) in [5.74, 6) is -1.80. The summed E-state index contributed by atoms with van der Waals surface area (Å²) in [6.45, 7) is 31.5. The van der Waals surface area contributed by atoms with Gasteiger partial charge in [-0.05, 0) is 21.7 Å². The minimum absolute atomic E-state index is 0.0500. The molecule has 1 spiro atoms. The highest BCUT2D eigenvalue weighted by Gasteiger charge is 2.57. The van der Waals surface area contributed by atoms with Crippen molar-refractivity contribution in [2.24, 2.45) is 38.9 Å². The van der Waals surface area contributed by atoms with Gasteiger partial charge in [-0.3, -0.25) is 14.4 Å². The minimum Gasteiger partial charge on any atom is -0.465 e. The summed E-state index contributed by atoms with van der Waals surface area (Å²) in [6.07, 6.45) is 0.194. The Morgan fingerprint density at radius 3 is 1.21 bits per heavy atom. The first kappa shape index (κ1) is 36.5. The predicted molar refractivity (Wildman–Crippen MR) is 164 cm³/mol. The van der Waals surface area contributed by atoms with Crippen LogP contribution < -0.4 is 0 Å². The fraction of sp³-hybridized carbons (Fsp3) is 0.912. The third kappa shape index (κ3) is 9.17. The summed E-state index contributed by atoms with van der Waals surface area (Å²) < 4.78 is 24.5. The maximum absolute atomic E-state index is 13.2. The Hall–Kier alpha value is -1.67. The molecule has 2 heterocycles. The molecule has 0 N–H and O–H groups in total. The number of hydrogen-bond donors (Lipinski definition) is 0. The molecule has 0 aromatic heterocycles. The zero-order chi connectivity index (χ0) is 32.7. The normalized spacial score (nSPS) is 21.6. The minimum atomic E-state index is -0.886. The molecule has 0 aliphatic carbocycles. The van der Waals surface area contributed by atoms with Crippen LogP contribution in [0.2, 0.25) is 0 Å². The Morgan fingerprint density at radius 2 is 0.952 bits per heavy atom. The van der Waals surface area contributed by atoms with E-state index in [1.54, 1.807) is 4.90 Å². The summed E-state index contributed by atoms with van der Waals surface area (Å²) in [5.41, 5.74) is -1.47. The molecule has 42 heavy (non-hydrogen) atoms. The van der Waals surface area contributed by atoms with Gasteiger partial charge in [-0.1, -0.05) is 104 Å². The lowest BCUT2D eigenvalue weighted by molar-refractivity contribution is -0.251. The number of amides is 1. The van der Waals surface area contributed by atoms with Crippen LogP contribution in [-0.4, -0.2) is 67.0 Å². The number of hydrogen-bond acceptors (Lipinski definition) is 7. The summed E-state index contributed by atoms with van der Waals surface area (Å²) in [7, 11) is 0. The van der Waals surface area contributed by atoms with Gasteiger partial charge in [0.1, 0.15) is 0 Å². The average Bonchev–Trinajstić information content (AvgIpc) is 3.06. The molecule has 2 aliphatic heterocycles. The van der Waals surface area contributed by atoms with E-state index in [9.17, 15) is 14.4 Å². The Labute approximate surface area is 255 Å². The molecule has 244 valence electrons. The molecule has 2 rings (SSSR count). The summed E-state index contributed by atoms with van der Waals surface area (Å²) in [6, 6.07) is 0. The standard InChI is InChI=1S/C34H61NO7/c1-29(2,3)24(30(4,5)6)26(36)39-18-16-22-23(17-19-40-27(37)25(31(7,8)9)32(10,11)12)42-34(41-22)20-35(21-34)28(38)33(13,14)15/h22-25H,16-21H2,1-15H3. The van der Waals surface area contributed by atoms with Crippen LogP contribution in [0.4, 0.5) is 0 Å². The predicted octanol–water partition coefficient (Wildman–Crippen LogP) is 6.64. The van der Waals surface area contributed by atoms with Crippen molar-refractivity contribution in [3.63, 3.8) is 0 Å². The van der Waals surface area contributed by atoms with Crippen molar-refractivity contribution in [1.82, 2.24) is 4.90 Å². The van der Waals surface area contributed by atoms with Gasteiger partial charge in [0.05, 0.1) is 50.3 Å². The molecule has 8 nitrogen and oxygen atoms in total. The third-order valence-corrected chi connectivity index (χ3v) is 8.17. The molecular weight excluding hydrogens is 534 g/mol. The van der Waals surface area contributed by atoms with Crippen molar-refractivity contribution in [2.45, 2.75) is 135 Å². The summed E-state index contributed by atoms with van der Waals surface area (Å²) in [5, 5.41) is 0. The number of carbonyl (C=O) groups is 3. The average molecular weight is 596 g/mol. The molecule has 0 aromatic rings. The van der Waals surface area contributed by atoms with Crippen LogP contribution in [0.1, 0.15) is 117 Å². The van der Waals surface area contributed by atoms with Crippen molar-refractivity contribution in [1.29, 1.82) is 0 Å². The zero-order valence-electron chi connectivity index (χ0n) is 29.4.